The van der Waals surface area contributed by atoms with E-state index in [2.05, 4.69) is 40.4 Å². The van der Waals surface area contributed by atoms with Gasteiger partial charge in [0, 0.05) is 0 Å². The fourth-order valence-corrected chi connectivity index (χ4v) is 4.21. The molecule has 0 aliphatic heterocycles. The quantitative estimate of drug-likeness (QED) is 0.642. The molecule has 0 bridgehead atoms. The second kappa shape index (κ2) is 4.21. The maximum atomic E-state index is 6.45. The van der Waals surface area contributed by atoms with Gasteiger partial charge in [0.15, 0.2) is 8.32 Å². The third-order valence-electron chi connectivity index (χ3n) is 3.68. The first-order valence-corrected chi connectivity index (χ1v) is 9.79. The Bertz CT molecular complexity index is 205. The lowest BCUT2D eigenvalue weighted by Crippen LogP contribution is -2.46. The highest BCUT2D eigenvalue weighted by atomic mass is 28.4. The van der Waals surface area contributed by atoms with Crippen molar-refractivity contribution in [2.24, 2.45) is 5.41 Å². The largest absolute Gasteiger partial charge is 0.412 e. The Kier molecular flexibility index (Phi) is 3.72. The Labute approximate surface area is 96.7 Å². The average molecular weight is 228 g/mol. The van der Waals surface area contributed by atoms with Crippen molar-refractivity contribution in [3.63, 3.8) is 0 Å². The van der Waals surface area contributed by atoms with Crippen LogP contribution in [0.25, 0.3) is 0 Å². The zero-order valence-electron chi connectivity index (χ0n) is 11.4. The molecule has 0 amide bonds. The summed E-state index contributed by atoms with van der Waals surface area (Å²) in [5.74, 6) is 0. The van der Waals surface area contributed by atoms with E-state index in [-0.39, 0.29) is 5.60 Å². The van der Waals surface area contributed by atoms with Gasteiger partial charge in [-0.05, 0) is 57.2 Å². The van der Waals surface area contributed by atoms with E-state index in [0.29, 0.717) is 5.41 Å². The van der Waals surface area contributed by atoms with Gasteiger partial charge < -0.3 is 4.43 Å². The molecule has 0 saturated heterocycles. The van der Waals surface area contributed by atoms with Crippen LogP contribution in [-0.4, -0.2) is 13.9 Å². The Balaban J connectivity index is 2.64. The van der Waals surface area contributed by atoms with Crippen LogP contribution < -0.4 is 0 Å². The van der Waals surface area contributed by atoms with Crippen molar-refractivity contribution in [2.45, 2.75) is 78.1 Å². The van der Waals surface area contributed by atoms with Gasteiger partial charge in [-0.1, -0.05) is 20.8 Å². The minimum atomic E-state index is -1.38. The molecule has 1 fully saturated rings. The SMILES string of the molecule is CCC1(O[Si](C)(C)C)CCC(C)(C)CC1. The highest BCUT2D eigenvalue weighted by Crippen LogP contribution is 2.44. The molecule has 1 rings (SSSR count). The molecule has 0 aromatic heterocycles. The first-order valence-electron chi connectivity index (χ1n) is 6.38. The second-order valence-electron chi connectivity index (χ2n) is 6.92. The van der Waals surface area contributed by atoms with E-state index in [9.17, 15) is 0 Å². The average Bonchev–Trinajstić information content (AvgIpc) is 2.07. The summed E-state index contributed by atoms with van der Waals surface area (Å²) in [6.07, 6.45) is 6.37. The molecule has 0 aromatic rings. The van der Waals surface area contributed by atoms with E-state index in [4.69, 9.17) is 4.43 Å². The van der Waals surface area contributed by atoms with Crippen molar-refractivity contribution >= 4 is 8.32 Å². The molecule has 1 aliphatic rings. The Morgan fingerprint density at radius 1 is 1.00 bits per heavy atom. The van der Waals surface area contributed by atoms with E-state index >= 15 is 0 Å². The van der Waals surface area contributed by atoms with Crippen molar-refractivity contribution in [3.05, 3.63) is 0 Å². The molecule has 0 atom stereocenters. The lowest BCUT2D eigenvalue weighted by molar-refractivity contribution is -0.0125. The molecule has 0 N–H and O–H groups in total. The smallest absolute Gasteiger partial charge is 0.184 e. The van der Waals surface area contributed by atoms with Crippen LogP contribution in [0.15, 0.2) is 0 Å². The minimum absolute atomic E-state index is 0.222. The zero-order valence-corrected chi connectivity index (χ0v) is 12.4. The first kappa shape index (κ1) is 13.2. The maximum absolute atomic E-state index is 6.45. The maximum Gasteiger partial charge on any atom is 0.184 e. The normalized spacial score (nSPS) is 25.2. The van der Waals surface area contributed by atoms with Crippen molar-refractivity contribution < 1.29 is 4.43 Å². The summed E-state index contributed by atoms with van der Waals surface area (Å²) < 4.78 is 6.45. The predicted octanol–water partition coefficient (Wildman–Crippen LogP) is 4.59. The summed E-state index contributed by atoms with van der Waals surface area (Å²) >= 11 is 0. The molecule has 0 unspecified atom stereocenters. The van der Waals surface area contributed by atoms with Gasteiger partial charge in [0.1, 0.15) is 0 Å². The molecule has 1 nitrogen and oxygen atoms in total. The first-order chi connectivity index (χ1) is 6.68. The van der Waals surface area contributed by atoms with E-state index in [1.807, 2.05) is 0 Å². The zero-order chi connectivity index (χ0) is 11.7. The Morgan fingerprint density at radius 2 is 1.47 bits per heavy atom. The lowest BCUT2D eigenvalue weighted by Gasteiger charge is -2.46. The fourth-order valence-electron chi connectivity index (χ4n) is 2.56. The van der Waals surface area contributed by atoms with E-state index < -0.39 is 8.32 Å². The van der Waals surface area contributed by atoms with E-state index in [1.165, 1.54) is 32.1 Å². The molecule has 15 heavy (non-hydrogen) atoms. The van der Waals surface area contributed by atoms with Crippen molar-refractivity contribution in [3.8, 4) is 0 Å². The summed E-state index contributed by atoms with van der Waals surface area (Å²) in [6.45, 7) is 14.0. The molecule has 0 heterocycles. The molecule has 2 heteroatoms. The van der Waals surface area contributed by atoms with Gasteiger partial charge in [0.2, 0.25) is 0 Å². The van der Waals surface area contributed by atoms with Gasteiger partial charge >= 0.3 is 0 Å². The van der Waals surface area contributed by atoms with Crippen molar-refractivity contribution in [1.29, 1.82) is 0 Å². The molecule has 0 aromatic carbocycles. The Hall–Kier alpha value is 0.177. The van der Waals surface area contributed by atoms with Gasteiger partial charge in [0.25, 0.3) is 0 Å². The van der Waals surface area contributed by atoms with E-state index in [1.54, 1.807) is 0 Å². The van der Waals surface area contributed by atoms with Crippen LogP contribution in [-0.2, 0) is 4.43 Å². The van der Waals surface area contributed by atoms with Crippen LogP contribution in [0.3, 0.4) is 0 Å². The van der Waals surface area contributed by atoms with Crippen LogP contribution >= 0.6 is 0 Å². The molecular formula is C13H28OSi. The summed E-state index contributed by atoms with van der Waals surface area (Å²) in [5, 5.41) is 0. The van der Waals surface area contributed by atoms with Crippen LogP contribution in [0.5, 0.6) is 0 Å². The number of hydrogen-bond acceptors (Lipinski definition) is 1. The third kappa shape index (κ3) is 3.91. The summed E-state index contributed by atoms with van der Waals surface area (Å²) in [5.41, 5.74) is 0.765. The fraction of sp³-hybridized carbons (Fsp3) is 1.00. The third-order valence-corrected chi connectivity index (χ3v) is 4.73. The van der Waals surface area contributed by atoms with Gasteiger partial charge in [-0.2, -0.15) is 0 Å². The van der Waals surface area contributed by atoms with Crippen molar-refractivity contribution in [1.82, 2.24) is 0 Å². The molecule has 1 saturated carbocycles. The highest BCUT2D eigenvalue weighted by Gasteiger charge is 2.40. The monoisotopic (exact) mass is 228 g/mol. The minimum Gasteiger partial charge on any atom is -0.412 e. The molecule has 1 aliphatic carbocycles. The van der Waals surface area contributed by atoms with Crippen molar-refractivity contribution in [2.75, 3.05) is 0 Å². The van der Waals surface area contributed by atoms with Crippen LogP contribution in [0.4, 0.5) is 0 Å². The second-order valence-corrected chi connectivity index (χ2v) is 11.3. The van der Waals surface area contributed by atoms with Gasteiger partial charge in [0.05, 0.1) is 5.60 Å². The van der Waals surface area contributed by atoms with Gasteiger partial charge in [-0.3, -0.25) is 0 Å². The van der Waals surface area contributed by atoms with Crippen LogP contribution in [0, 0.1) is 5.41 Å². The molecule has 90 valence electrons. The van der Waals surface area contributed by atoms with Crippen LogP contribution in [0.1, 0.15) is 52.9 Å². The topological polar surface area (TPSA) is 9.23 Å². The molecule has 0 radical (unpaired) electrons. The summed E-state index contributed by atoms with van der Waals surface area (Å²) in [7, 11) is -1.38. The standard InChI is InChI=1S/C13H28OSi/c1-7-13(14-15(4,5)6)10-8-12(2,3)9-11-13/h7-11H2,1-6H3. The van der Waals surface area contributed by atoms with Gasteiger partial charge in [-0.25, -0.2) is 0 Å². The highest BCUT2D eigenvalue weighted by molar-refractivity contribution is 6.69. The van der Waals surface area contributed by atoms with Gasteiger partial charge in [-0.15, -0.1) is 0 Å². The Morgan fingerprint density at radius 3 is 1.80 bits per heavy atom. The molecular weight excluding hydrogens is 200 g/mol. The number of rotatable bonds is 3. The number of hydrogen-bond donors (Lipinski definition) is 0. The van der Waals surface area contributed by atoms with Crippen LogP contribution in [0.2, 0.25) is 19.6 Å². The van der Waals surface area contributed by atoms with E-state index in [0.717, 1.165) is 0 Å². The predicted molar refractivity (Wildman–Crippen MR) is 69.7 cm³/mol. The summed E-state index contributed by atoms with van der Waals surface area (Å²) in [6, 6.07) is 0. The molecule has 0 spiro atoms. The summed E-state index contributed by atoms with van der Waals surface area (Å²) in [4.78, 5) is 0. The lowest BCUT2D eigenvalue weighted by atomic mass is 9.70.